The van der Waals surface area contributed by atoms with E-state index in [-0.39, 0.29) is 17.6 Å². The van der Waals surface area contributed by atoms with Gasteiger partial charge in [0.05, 0.1) is 25.5 Å². The molecule has 2 amide bonds. The van der Waals surface area contributed by atoms with Gasteiger partial charge in [0, 0.05) is 31.3 Å². The van der Waals surface area contributed by atoms with Crippen LogP contribution in [0.25, 0.3) is 0 Å². The molecule has 0 aliphatic heterocycles. The molecule has 2 aromatic carbocycles. The average molecular weight is 484 g/mol. The summed E-state index contributed by atoms with van der Waals surface area (Å²) in [5, 5.41) is 14.5. The number of benzene rings is 2. The lowest BCUT2D eigenvalue weighted by Gasteiger charge is -2.07. The Morgan fingerprint density at radius 1 is 0.971 bits per heavy atom. The zero-order valence-electron chi connectivity index (χ0n) is 19.0. The Morgan fingerprint density at radius 3 is 2.29 bits per heavy atom. The van der Waals surface area contributed by atoms with E-state index in [0.29, 0.717) is 46.5 Å². The highest BCUT2D eigenvalue weighted by Gasteiger charge is 2.13. The second-order valence-corrected chi connectivity index (χ2v) is 8.04. The standard InChI is InChI=1S/C23H25N5O5S/c1-28-19(12-13-24-21(30)15-6-10-18(32-2)11-7-15)26-27-23(28)34-14-20(29)25-17-8-4-16(5-9-17)22(31)33-3/h4-11H,12-14H2,1-3H3,(H,24,30)(H,25,29). The van der Waals surface area contributed by atoms with Crippen molar-refractivity contribution in [3.8, 4) is 5.75 Å². The first-order chi connectivity index (χ1) is 16.4. The monoisotopic (exact) mass is 483 g/mol. The Balaban J connectivity index is 1.45. The van der Waals surface area contributed by atoms with Crippen LogP contribution in [-0.2, 0) is 23.0 Å². The zero-order valence-corrected chi connectivity index (χ0v) is 19.8. The fourth-order valence-electron chi connectivity index (χ4n) is 2.96. The predicted octanol–water partition coefficient (Wildman–Crippen LogP) is 2.31. The molecule has 1 heterocycles. The van der Waals surface area contributed by atoms with Gasteiger partial charge in [-0.1, -0.05) is 11.8 Å². The highest BCUT2D eigenvalue weighted by molar-refractivity contribution is 7.99. The van der Waals surface area contributed by atoms with E-state index in [0.717, 1.165) is 0 Å². The van der Waals surface area contributed by atoms with Gasteiger partial charge in [0.25, 0.3) is 5.91 Å². The lowest BCUT2D eigenvalue weighted by atomic mass is 10.2. The van der Waals surface area contributed by atoms with Crippen molar-refractivity contribution in [2.24, 2.45) is 7.05 Å². The number of nitrogens with zero attached hydrogens (tertiary/aromatic N) is 3. The largest absolute Gasteiger partial charge is 0.497 e. The fraction of sp³-hybridized carbons (Fsp3) is 0.261. The number of esters is 1. The second-order valence-electron chi connectivity index (χ2n) is 7.10. The van der Waals surface area contributed by atoms with E-state index in [9.17, 15) is 14.4 Å². The van der Waals surface area contributed by atoms with Crippen LogP contribution in [0.1, 0.15) is 26.5 Å². The van der Waals surface area contributed by atoms with Crippen molar-refractivity contribution in [3.05, 3.63) is 65.5 Å². The molecule has 10 nitrogen and oxygen atoms in total. The quantitative estimate of drug-likeness (QED) is 0.333. The van der Waals surface area contributed by atoms with Gasteiger partial charge < -0.3 is 24.7 Å². The number of hydrogen-bond donors (Lipinski definition) is 2. The van der Waals surface area contributed by atoms with Gasteiger partial charge in [-0.3, -0.25) is 9.59 Å². The Bertz CT molecular complexity index is 1150. The first-order valence-electron chi connectivity index (χ1n) is 10.3. The van der Waals surface area contributed by atoms with Crippen molar-refractivity contribution >= 4 is 35.2 Å². The first-order valence-corrected chi connectivity index (χ1v) is 11.3. The summed E-state index contributed by atoms with van der Waals surface area (Å²) >= 11 is 1.25. The Kier molecular flexibility index (Phi) is 8.63. The number of nitrogens with one attached hydrogen (secondary N) is 2. The fourth-order valence-corrected chi connectivity index (χ4v) is 3.69. The van der Waals surface area contributed by atoms with Crippen molar-refractivity contribution < 1.29 is 23.9 Å². The summed E-state index contributed by atoms with van der Waals surface area (Å²) in [6, 6.07) is 13.3. The van der Waals surface area contributed by atoms with Gasteiger partial charge in [-0.25, -0.2) is 4.79 Å². The first kappa shape index (κ1) is 24.8. The van der Waals surface area contributed by atoms with E-state index in [2.05, 4.69) is 25.6 Å². The number of rotatable bonds is 10. The minimum absolute atomic E-state index is 0.138. The van der Waals surface area contributed by atoms with Gasteiger partial charge in [-0.2, -0.15) is 0 Å². The third-order valence-electron chi connectivity index (χ3n) is 4.83. The van der Waals surface area contributed by atoms with E-state index in [1.807, 2.05) is 7.05 Å². The minimum atomic E-state index is -0.438. The van der Waals surface area contributed by atoms with Crippen molar-refractivity contribution in [1.29, 1.82) is 0 Å². The summed E-state index contributed by atoms with van der Waals surface area (Å²) in [4.78, 5) is 36.0. The molecule has 0 aliphatic rings. The molecule has 0 unspecified atom stereocenters. The Morgan fingerprint density at radius 2 is 1.65 bits per heavy atom. The number of aromatic nitrogens is 3. The Labute approximate surface area is 201 Å². The second kappa shape index (κ2) is 11.8. The maximum atomic E-state index is 12.3. The van der Waals surface area contributed by atoms with Gasteiger partial charge >= 0.3 is 5.97 Å². The summed E-state index contributed by atoms with van der Waals surface area (Å²) < 4.78 is 11.5. The number of carbonyl (C=O) groups excluding carboxylic acids is 3. The summed E-state index contributed by atoms with van der Waals surface area (Å²) in [5.41, 5.74) is 1.52. The molecule has 1 aromatic heterocycles. The number of hydrogen-bond acceptors (Lipinski definition) is 8. The number of carbonyl (C=O) groups is 3. The SMILES string of the molecule is COC(=O)c1ccc(NC(=O)CSc2nnc(CCNC(=O)c3ccc(OC)cc3)n2C)cc1. The summed E-state index contributed by atoms with van der Waals surface area (Å²) in [6.45, 7) is 0.392. The average Bonchev–Trinajstić information content (AvgIpc) is 3.21. The third-order valence-corrected chi connectivity index (χ3v) is 5.85. The molecule has 3 rings (SSSR count). The molecule has 0 radical (unpaired) electrons. The van der Waals surface area contributed by atoms with E-state index < -0.39 is 5.97 Å². The predicted molar refractivity (Wildman–Crippen MR) is 127 cm³/mol. The number of ether oxygens (including phenoxy) is 2. The highest BCUT2D eigenvalue weighted by Crippen LogP contribution is 2.17. The van der Waals surface area contributed by atoms with Gasteiger partial charge in [0.1, 0.15) is 11.6 Å². The molecule has 0 fully saturated rings. The van der Waals surface area contributed by atoms with Gasteiger partial charge in [0.15, 0.2) is 5.16 Å². The minimum Gasteiger partial charge on any atom is -0.497 e. The van der Waals surface area contributed by atoms with Crippen LogP contribution >= 0.6 is 11.8 Å². The van der Waals surface area contributed by atoms with Crippen molar-refractivity contribution in [2.75, 3.05) is 31.8 Å². The zero-order chi connectivity index (χ0) is 24.5. The molecule has 34 heavy (non-hydrogen) atoms. The van der Waals surface area contributed by atoms with Gasteiger partial charge in [-0.15, -0.1) is 10.2 Å². The molecule has 2 N–H and O–H groups in total. The number of anilines is 1. The lowest BCUT2D eigenvalue weighted by Crippen LogP contribution is -2.26. The van der Waals surface area contributed by atoms with E-state index >= 15 is 0 Å². The third kappa shape index (κ3) is 6.58. The highest BCUT2D eigenvalue weighted by atomic mass is 32.2. The number of amides is 2. The van der Waals surface area contributed by atoms with Crippen LogP contribution in [0.3, 0.4) is 0 Å². The molecule has 0 saturated heterocycles. The van der Waals surface area contributed by atoms with E-state index in [1.165, 1.54) is 18.9 Å². The van der Waals surface area contributed by atoms with Crippen molar-refractivity contribution in [3.63, 3.8) is 0 Å². The molecular formula is C23H25N5O5S. The van der Waals surface area contributed by atoms with Crippen LogP contribution in [0.5, 0.6) is 5.75 Å². The van der Waals surface area contributed by atoms with Crippen LogP contribution in [0.2, 0.25) is 0 Å². The maximum absolute atomic E-state index is 12.3. The van der Waals surface area contributed by atoms with E-state index in [1.54, 1.807) is 60.2 Å². The normalized spacial score (nSPS) is 10.4. The van der Waals surface area contributed by atoms with Crippen LogP contribution in [0.15, 0.2) is 53.7 Å². The molecule has 11 heteroatoms. The number of thioether (sulfide) groups is 1. The summed E-state index contributed by atoms with van der Waals surface area (Å²) in [6.07, 6.45) is 0.491. The van der Waals surface area contributed by atoms with E-state index in [4.69, 9.17) is 4.74 Å². The van der Waals surface area contributed by atoms with Crippen molar-refractivity contribution in [2.45, 2.75) is 11.6 Å². The molecule has 0 atom stereocenters. The summed E-state index contributed by atoms with van der Waals surface area (Å²) in [7, 11) is 4.69. The lowest BCUT2D eigenvalue weighted by molar-refractivity contribution is -0.113. The van der Waals surface area contributed by atoms with Crippen LogP contribution in [0, 0.1) is 0 Å². The van der Waals surface area contributed by atoms with Gasteiger partial charge in [0.2, 0.25) is 5.91 Å². The van der Waals surface area contributed by atoms with Crippen LogP contribution in [-0.4, -0.2) is 59.1 Å². The maximum Gasteiger partial charge on any atom is 0.337 e. The van der Waals surface area contributed by atoms with Crippen molar-refractivity contribution in [1.82, 2.24) is 20.1 Å². The van der Waals surface area contributed by atoms with Crippen LogP contribution < -0.4 is 15.4 Å². The number of methoxy groups -OCH3 is 2. The topological polar surface area (TPSA) is 124 Å². The summed E-state index contributed by atoms with van der Waals surface area (Å²) in [5.74, 6) is 0.677. The molecule has 0 bridgehead atoms. The van der Waals surface area contributed by atoms with Gasteiger partial charge in [-0.05, 0) is 48.5 Å². The molecular weight excluding hydrogens is 458 g/mol. The Hall–Kier alpha value is -3.86. The molecule has 0 spiro atoms. The van der Waals surface area contributed by atoms with Crippen LogP contribution in [0.4, 0.5) is 5.69 Å². The molecule has 178 valence electrons. The molecule has 0 aliphatic carbocycles. The smallest absolute Gasteiger partial charge is 0.337 e. The molecule has 3 aromatic rings. The molecule has 0 saturated carbocycles.